The molecule has 1 saturated heterocycles. The molecule has 0 amide bonds. The number of nitrogens with one attached hydrogen (secondary N) is 1. The van der Waals surface area contributed by atoms with E-state index in [1.54, 1.807) is 13.2 Å². The molecule has 0 aliphatic carbocycles. The van der Waals surface area contributed by atoms with E-state index in [1.807, 2.05) is 23.9 Å². The van der Waals surface area contributed by atoms with Crippen LogP contribution in [0, 0.1) is 11.3 Å². The van der Waals surface area contributed by atoms with Crippen molar-refractivity contribution in [2.45, 2.75) is 18.9 Å². The van der Waals surface area contributed by atoms with Crippen LogP contribution in [-0.2, 0) is 0 Å². The smallest absolute Gasteiger partial charge is 0.143 e. The van der Waals surface area contributed by atoms with Crippen molar-refractivity contribution in [1.29, 1.82) is 5.26 Å². The zero-order chi connectivity index (χ0) is 12.1. The first kappa shape index (κ1) is 12.1. The van der Waals surface area contributed by atoms with E-state index < -0.39 is 0 Å². The number of methoxy groups -OCH3 is 1. The van der Waals surface area contributed by atoms with Gasteiger partial charge in [-0.15, -0.1) is 0 Å². The summed E-state index contributed by atoms with van der Waals surface area (Å²) in [7, 11) is 1.64. The third kappa shape index (κ3) is 3.07. The summed E-state index contributed by atoms with van der Waals surface area (Å²) in [5.41, 5.74) is 1.62. The predicted molar refractivity (Wildman–Crippen MR) is 71.7 cm³/mol. The molecule has 3 nitrogen and oxygen atoms in total. The normalized spacial score (nSPS) is 19.4. The van der Waals surface area contributed by atoms with Gasteiger partial charge in [-0.2, -0.15) is 17.0 Å². The SMILES string of the molecule is COc1cc(C#N)ccc1NC1CCCSC1. The maximum Gasteiger partial charge on any atom is 0.143 e. The summed E-state index contributed by atoms with van der Waals surface area (Å²) in [6, 6.07) is 8.15. The van der Waals surface area contributed by atoms with E-state index in [0.29, 0.717) is 11.6 Å². The van der Waals surface area contributed by atoms with Crippen LogP contribution in [0.25, 0.3) is 0 Å². The maximum absolute atomic E-state index is 8.84. The van der Waals surface area contributed by atoms with Crippen molar-refractivity contribution in [3.05, 3.63) is 23.8 Å². The minimum Gasteiger partial charge on any atom is -0.495 e. The highest BCUT2D eigenvalue weighted by Crippen LogP contribution is 2.28. The Morgan fingerprint density at radius 2 is 2.41 bits per heavy atom. The van der Waals surface area contributed by atoms with Crippen molar-refractivity contribution in [2.75, 3.05) is 23.9 Å². The number of hydrogen-bond donors (Lipinski definition) is 1. The third-order valence-corrected chi connectivity index (χ3v) is 4.07. The Labute approximate surface area is 106 Å². The van der Waals surface area contributed by atoms with Gasteiger partial charge in [-0.3, -0.25) is 0 Å². The van der Waals surface area contributed by atoms with Gasteiger partial charge in [0.15, 0.2) is 0 Å². The number of rotatable bonds is 3. The first-order chi connectivity index (χ1) is 8.33. The average Bonchev–Trinajstić information content (AvgIpc) is 2.40. The molecule has 1 aliphatic heterocycles. The fourth-order valence-electron chi connectivity index (χ4n) is 1.95. The zero-order valence-corrected chi connectivity index (χ0v) is 10.7. The van der Waals surface area contributed by atoms with Gasteiger partial charge in [-0.05, 0) is 30.7 Å². The van der Waals surface area contributed by atoms with Gasteiger partial charge < -0.3 is 10.1 Å². The Morgan fingerprint density at radius 3 is 3.06 bits per heavy atom. The quantitative estimate of drug-likeness (QED) is 0.893. The molecule has 1 heterocycles. The lowest BCUT2D eigenvalue weighted by Gasteiger charge is -2.24. The third-order valence-electron chi connectivity index (χ3n) is 2.85. The fraction of sp³-hybridized carbons (Fsp3) is 0.462. The highest BCUT2D eigenvalue weighted by molar-refractivity contribution is 7.99. The van der Waals surface area contributed by atoms with Gasteiger partial charge in [0.1, 0.15) is 5.75 Å². The van der Waals surface area contributed by atoms with Crippen LogP contribution in [0.4, 0.5) is 5.69 Å². The summed E-state index contributed by atoms with van der Waals surface area (Å²) < 4.78 is 5.31. The molecule has 1 fully saturated rings. The lowest BCUT2D eigenvalue weighted by Crippen LogP contribution is -2.25. The van der Waals surface area contributed by atoms with Gasteiger partial charge in [-0.1, -0.05) is 0 Å². The molecule has 1 N–H and O–H groups in total. The molecule has 17 heavy (non-hydrogen) atoms. The summed E-state index contributed by atoms with van der Waals surface area (Å²) in [4.78, 5) is 0. The second kappa shape index (κ2) is 5.83. The fourth-order valence-corrected chi connectivity index (χ4v) is 3.03. The van der Waals surface area contributed by atoms with Crippen LogP contribution in [0.1, 0.15) is 18.4 Å². The summed E-state index contributed by atoms with van der Waals surface area (Å²) in [5.74, 6) is 3.16. The van der Waals surface area contributed by atoms with E-state index in [-0.39, 0.29) is 0 Å². The van der Waals surface area contributed by atoms with Gasteiger partial charge >= 0.3 is 0 Å². The first-order valence-corrected chi connectivity index (χ1v) is 6.91. The van der Waals surface area contributed by atoms with Crippen molar-refractivity contribution in [3.63, 3.8) is 0 Å². The molecule has 0 spiro atoms. The topological polar surface area (TPSA) is 45.0 Å². The average molecular weight is 248 g/mol. The van der Waals surface area contributed by atoms with Crippen LogP contribution in [-0.4, -0.2) is 24.7 Å². The largest absolute Gasteiger partial charge is 0.495 e. The Hall–Kier alpha value is -1.34. The Bertz CT molecular complexity index is 422. The molecule has 1 aromatic rings. The Kier molecular flexibility index (Phi) is 4.16. The van der Waals surface area contributed by atoms with Crippen molar-refractivity contribution in [2.24, 2.45) is 0 Å². The van der Waals surface area contributed by atoms with E-state index in [4.69, 9.17) is 10.00 Å². The lowest BCUT2D eigenvalue weighted by molar-refractivity contribution is 0.415. The first-order valence-electron chi connectivity index (χ1n) is 5.76. The van der Waals surface area contributed by atoms with Gasteiger partial charge in [0.05, 0.1) is 24.4 Å². The number of anilines is 1. The van der Waals surface area contributed by atoms with E-state index in [9.17, 15) is 0 Å². The molecule has 1 aliphatic rings. The molecule has 0 aromatic heterocycles. The second-order valence-electron chi connectivity index (χ2n) is 4.09. The highest BCUT2D eigenvalue weighted by atomic mass is 32.2. The summed E-state index contributed by atoms with van der Waals surface area (Å²) in [6.45, 7) is 0. The molecule has 1 aromatic carbocycles. The van der Waals surface area contributed by atoms with Gasteiger partial charge in [0.2, 0.25) is 0 Å². The zero-order valence-electron chi connectivity index (χ0n) is 9.90. The number of hydrogen-bond acceptors (Lipinski definition) is 4. The number of thioether (sulfide) groups is 1. The Balaban J connectivity index is 2.11. The van der Waals surface area contributed by atoms with Crippen molar-refractivity contribution in [3.8, 4) is 11.8 Å². The number of nitriles is 1. The van der Waals surface area contributed by atoms with Crippen LogP contribution < -0.4 is 10.1 Å². The lowest BCUT2D eigenvalue weighted by atomic mass is 10.1. The number of nitrogens with zero attached hydrogens (tertiary/aromatic N) is 1. The van der Waals surface area contributed by atoms with Crippen molar-refractivity contribution >= 4 is 17.4 Å². The highest BCUT2D eigenvalue weighted by Gasteiger charge is 2.15. The molecule has 0 bridgehead atoms. The van der Waals surface area contributed by atoms with E-state index >= 15 is 0 Å². The Morgan fingerprint density at radius 1 is 1.53 bits per heavy atom. The molecular weight excluding hydrogens is 232 g/mol. The molecular formula is C13H16N2OS. The van der Waals surface area contributed by atoms with Crippen molar-refractivity contribution in [1.82, 2.24) is 0 Å². The minimum atomic E-state index is 0.510. The minimum absolute atomic E-state index is 0.510. The molecule has 90 valence electrons. The van der Waals surface area contributed by atoms with Gasteiger partial charge in [0.25, 0.3) is 0 Å². The summed E-state index contributed by atoms with van der Waals surface area (Å²) >= 11 is 1.99. The van der Waals surface area contributed by atoms with Crippen LogP contribution in [0.15, 0.2) is 18.2 Å². The molecule has 2 rings (SSSR count). The van der Waals surface area contributed by atoms with E-state index in [0.717, 1.165) is 17.2 Å². The molecule has 1 unspecified atom stereocenters. The van der Waals surface area contributed by atoms with Crippen LogP contribution >= 0.6 is 11.8 Å². The maximum atomic E-state index is 8.84. The molecule has 0 saturated carbocycles. The summed E-state index contributed by atoms with van der Waals surface area (Å²) in [6.07, 6.45) is 2.47. The van der Waals surface area contributed by atoms with Gasteiger partial charge in [0, 0.05) is 17.9 Å². The second-order valence-corrected chi connectivity index (χ2v) is 5.24. The van der Waals surface area contributed by atoms with E-state index in [1.165, 1.54) is 18.6 Å². The molecule has 4 heteroatoms. The van der Waals surface area contributed by atoms with Crippen LogP contribution in [0.5, 0.6) is 5.75 Å². The van der Waals surface area contributed by atoms with E-state index in [2.05, 4.69) is 11.4 Å². The predicted octanol–water partition coefficient (Wildman–Crippen LogP) is 2.87. The van der Waals surface area contributed by atoms with Gasteiger partial charge in [-0.25, -0.2) is 0 Å². The monoisotopic (exact) mass is 248 g/mol. The van der Waals surface area contributed by atoms with Crippen LogP contribution in [0.3, 0.4) is 0 Å². The number of ether oxygens (including phenoxy) is 1. The van der Waals surface area contributed by atoms with Crippen molar-refractivity contribution < 1.29 is 4.74 Å². The standard InChI is InChI=1S/C13H16N2OS/c1-16-13-7-10(8-14)4-5-12(13)15-11-3-2-6-17-9-11/h4-5,7,11,15H,2-3,6,9H2,1H3. The molecule has 0 radical (unpaired) electrons. The summed E-state index contributed by atoms with van der Waals surface area (Å²) in [5, 5.41) is 12.3. The number of benzene rings is 1. The molecule has 1 atom stereocenters. The van der Waals surface area contributed by atoms with Crippen LogP contribution in [0.2, 0.25) is 0 Å².